The van der Waals surface area contributed by atoms with Crippen LogP contribution in [0.4, 0.5) is 0 Å². The largest absolute Gasteiger partial charge is 0.355 e. The van der Waals surface area contributed by atoms with Crippen LogP contribution in [0, 0.1) is 0 Å². The minimum absolute atomic E-state index is 0.239. The van der Waals surface area contributed by atoms with E-state index in [1.54, 1.807) is 0 Å². The molecule has 0 aliphatic carbocycles. The van der Waals surface area contributed by atoms with Gasteiger partial charge in [0, 0.05) is 19.5 Å². The van der Waals surface area contributed by atoms with Crippen LogP contribution in [0.5, 0.6) is 0 Å². The fourth-order valence-electron chi connectivity index (χ4n) is 4.02. The number of unbranched alkanes of at least 4 members (excludes halogenated alkanes) is 15. The Hall–Kier alpha value is -0.570. The predicted molar refractivity (Wildman–Crippen MR) is 130 cm³/mol. The van der Waals surface area contributed by atoms with Gasteiger partial charge in [-0.05, 0) is 25.9 Å². The van der Waals surface area contributed by atoms with Crippen molar-refractivity contribution >= 4 is 5.91 Å². The van der Waals surface area contributed by atoms with Crippen molar-refractivity contribution in [3.63, 3.8) is 0 Å². The zero-order valence-electron chi connectivity index (χ0n) is 20.4. The lowest BCUT2D eigenvalue weighted by Crippen LogP contribution is -2.35. The summed E-state index contributed by atoms with van der Waals surface area (Å²) in [5.41, 5.74) is 0. The van der Waals surface area contributed by atoms with Crippen molar-refractivity contribution in [1.82, 2.24) is 10.2 Å². The second-order valence-electron chi connectivity index (χ2n) is 8.84. The Labute approximate surface area is 183 Å². The molecule has 29 heavy (non-hydrogen) atoms. The van der Waals surface area contributed by atoms with Crippen LogP contribution >= 0.6 is 0 Å². The molecule has 0 aliphatic rings. The molecule has 0 bridgehead atoms. The van der Waals surface area contributed by atoms with Crippen molar-refractivity contribution in [3.05, 3.63) is 0 Å². The maximum absolute atomic E-state index is 11.9. The lowest BCUT2D eigenvalue weighted by molar-refractivity contribution is -0.121. The average Bonchev–Trinajstić information content (AvgIpc) is 2.72. The number of hydrogen-bond donors (Lipinski definition) is 1. The van der Waals surface area contributed by atoms with Crippen LogP contribution in [0.3, 0.4) is 0 Å². The van der Waals surface area contributed by atoms with Gasteiger partial charge < -0.3 is 10.2 Å². The van der Waals surface area contributed by atoms with E-state index in [1.165, 1.54) is 103 Å². The number of nitrogens with zero attached hydrogens (tertiary/aromatic N) is 1. The zero-order valence-corrected chi connectivity index (χ0v) is 20.4. The quantitative estimate of drug-likeness (QED) is 0.177. The van der Waals surface area contributed by atoms with Gasteiger partial charge in [0.05, 0.1) is 0 Å². The first kappa shape index (κ1) is 28.4. The highest BCUT2D eigenvalue weighted by molar-refractivity contribution is 5.75. The molecule has 0 rings (SSSR count). The summed E-state index contributed by atoms with van der Waals surface area (Å²) in [7, 11) is 0. The summed E-state index contributed by atoms with van der Waals surface area (Å²) in [6, 6.07) is 0. The van der Waals surface area contributed by atoms with Crippen LogP contribution in [-0.2, 0) is 4.79 Å². The molecular weight excluding hydrogens is 356 g/mol. The Morgan fingerprint density at radius 3 is 1.45 bits per heavy atom. The van der Waals surface area contributed by atoms with E-state index in [0.717, 1.165) is 32.6 Å². The van der Waals surface area contributed by atoms with Crippen LogP contribution in [0.2, 0.25) is 0 Å². The van der Waals surface area contributed by atoms with Crippen molar-refractivity contribution in [2.45, 2.75) is 136 Å². The minimum atomic E-state index is 0.239. The first-order valence-electron chi connectivity index (χ1n) is 13.2. The first-order valence-corrected chi connectivity index (χ1v) is 13.2. The van der Waals surface area contributed by atoms with E-state index in [9.17, 15) is 4.79 Å². The Morgan fingerprint density at radius 1 is 0.586 bits per heavy atom. The van der Waals surface area contributed by atoms with E-state index >= 15 is 0 Å². The summed E-state index contributed by atoms with van der Waals surface area (Å²) in [6.07, 6.45) is 23.9. The monoisotopic (exact) mass is 410 g/mol. The predicted octanol–water partition coefficient (Wildman–Crippen LogP) is 7.49. The van der Waals surface area contributed by atoms with Crippen LogP contribution < -0.4 is 5.32 Å². The van der Waals surface area contributed by atoms with Crippen LogP contribution in [0.15, 0.2) is 0 Å². The van der Waals surface area contributed by atoms with Gasteiger partial charge in [0.2, 0.25) is 5.91 Å². The highest BCUT2D eigenvalue weighted by atomic mass is 16.1. The summed E-state index contributed by atoms with van der Waals surface area (Å²) in [5, 5.41) is 3.08. The van der Waals surface area contributed by atoms with E-state index < -0.39 is 0 Å². The van der Waals surface area contributed by atoms with Gasteiger partial charge in [-0.1, -0.05) is 117 Å². The first-order chi connectivity index (χ1) is 14.2. The second kappa shape index (κ2) is 23.7. The molecule has 0 heterocycles. The maximum atomic E-state index is 11.9. The van der Waals surface area contributed by atoms with Crippen molar-refractivity contribution < 1.29 is 4.79 Å². The Balaban J connectivity index is 3.22. The molecular formula is C26H54N2O. The molecule has 0 aromatic heterocycles. The molecule has 0 atom stereocenters. The zero-order chi connectivity index (χ0) is 21.4. The summed E-state index contributed by atoms with van der Waals surface area (Å²) in [6.45, 7) is 10.7. The van der Waals surface area contributed by atoms with Gasteiger partial charge in [-0.3, -0.25) is 4.79 Å². The normalized spacial score (nSPS) is 11.3. The Bertz CT molecular complexity index is 333. The third-order valence-corrected chi connectivity index (χ3v) is 5.99. The number of likely N-dealkylation sites (N-methyl/N-ethyl adjacent to an activating group) is 1. The summed E-state index contributed by atoms with van der Waals surface area (Å²) >= 11 is 0. The fraction of sp³-hybridized carbons (Fsp3) is 0.962. The molecule has 0 aliphatic heterocycles. The topological polar surface area (TPSA) is 32.3 Å². The van der Waals surface area contributed by atoms with E-state index in [-0.39, 0.29) is 5.91 Å². The molecule has 174 valence electrons. The molecule has 3 heteroatoms. The molecule has 1 N–H and O–H groups in total. The molecule has 0 aromatic carbocycles. The molecule has 3 nitrogen and oxygen atoms in total. The Kier molecular flexibility index (Phi) is 23.2. The molecule has 0 unspecified atom stereocenters. The van der Waals surface area contributed by atoms with Crippen LogP contribution in [0.1, 0.15) is 136 Å². The van der Waals surface area contributed by atoms with Gasteiger partial charge in [0.15, 0.2) is 0 Å². The second-order valence-corrected chi connectivity index (χ2v) is 8.84. The highest BCUT2D eigenvalue weighted by Crippen LogP contribution is 2.14. The van der Waals surface area contributed by atoms with Gasteiger partial charge in [-0.2, -0.15) is 0 Å². The number of amides is 1. The molecule has 0 radical (unpaired) electrons. The third kappa shape index (κ3) is 21.9. The minimum Gasteiger partial charge on any atom is -0.355 e. The van der Waals surface area contributed by atoms with E-state index in [2.05, 4.69) is 31.0 Å². The lowest BCUT2D eigenvalue weighted by atomic mass is 10.0. The summed E-state index contributed by atoms with van der Waals surface area (Å²) in [5.74, 6) is 0.239. The van der Waals surface area contributed by atoms with E-state index in [1.807, 2.05) is 0 Å². The SMILES string of the molecule is CCCCCCCCCCCCCCCCCCC(=O)NCCN(CC)CCC. The van der Waals surface area contributed by atoms with Crippen molar-refractivity contribution in [2.24, 2.45) is 0 Å². The Morgan fingerprint density at radius 2 is 1.03 bits per heavy atom. The van der Waals surface area contributed by atoms with Gasteiger partial charge in [-0.25, -0.2) is 0 Å². The fourth-order valence-corrected chi connectivity index (χ4v) is 4.02. The number of hydrogen-bond acceptors (Lipinski definition) is 2. The highest BCUT2D eigenvalue weighted by Gasteiger charge is 2.03. The van der Waals surface area contributed by atoms with Crippen molar-refractivity contribution in [1.29, 1.82) is 0 Å². The van der Waals surface area contributed by atoms with Crippen molar-refractivity contribution in [3.8, 4) is 0 Å². The van der Waals surface area contributed by atoms with Gasteiger partial charge in [0.1, 0.15) is 0 Å². The van der Waals surface area contributed by atoms with Gasteiger partial charge in [-0.15, -0.1) is 0 Å². The lowest BCUT2D eigenvalue weighted by Gasteiger charge is -2.19. The summed E-state index contributed by atoms with van der Waals surface area (Å²) in [4.78, 5) is 14.3. The number of carbonyl (C=O) groups excluding carboxylic acids is 1. The smallest absolute Gasteiger partial charge is 0.220 e. The molecule has 0 saturated carbocycles. The average molecular weight is 411 g/mol. The number of rotatable bonds is 23. The maximum Gasteiger partial charge on any atom is 0.220 e. The standard InChI is InChI=1S/C26H54N2O/c1-4-7-8-9-10-11-12-13-14-15-16-17-18-19-20-21-22-26(29)27-23-25-28(6-3)24-5-2/h4-25H2,1-3H3,(H,27,29). The molecule has 0 fully saturated rings. The number of carbonyl (C=O) groups is 1. The van der Waals surface area contributed by atoms with Crippen LogP contribution in [0.25, 0.3) is 0 Å². The molecule has 0 saturated heterocycles. The number of nitrogens with one attached hydrogen (secondary N) is 1. The molecule has 0 aromatic rings. The van der Waals surface area contributed by atoms with Gasteiger partial charge >= 0.3 is 0 Å². The van der Waals surface area contributed by atoms with Crippen LogP contribution in [-0.4, -0.2) is 37.0 Å². The molecule has 0 spiro atoms. The van der Waals surface area contributed by atoms with Crippen molar-refractivity contribution in [2.75, 3.05) is 26.2 Å². The van der Waals surface area contributed by atoms with E-state index in [0.29, 0.717) is 6.42 Å². The third-order valence-electron chi connectivity index (χ3n) is 5.99. The van der Waals surface area contributed by atoms with Gasteiger partial charge in [0.25, 0.3) is 0 Å². The summed E-state index contributed by atoms with van der Waals surface area (Å²) < 4.78 is 0. The van der Waals surface area contributed by atoms with E-state index in [4.69, 9.17) is 0 Å². The molecule has 1 amide bonds.